The molecule has 8 N–H and O–H groups in total. The molecule has 1 fully saturated rings. The van der Waals surface area contributed by atoms with Crippen LogP contribution in [0.25, 0.3) is 5.65 Å². The lowest BCUT2D eigenvalue weighted by Crippen LogP contribution is -2.32. The predicted octanol–water partition coefficient (Wildman–Crippen LogP) is 1.24. The molecular weight excluding hydrogens is 421 g/mol. The summed E-state index contributed by atoms with van der Waals surface area (Å²) in [7, 11) is 9.05. The summed E-state index contributed by atoms with van der Waals surface area (Å²) in [6.45, 7) is 0. The molecule has 2 radical (unpaired) electrons. The molecule has 2 heterocycles. The molecule has 4 rings (SSSR count). The van der Waals surface area contributed by atoms with Gasteiger partial charge in [0, 0.05) is 32.2 Å². The van der Waals surface area contributed by atoms with Crippen LogP contribution in [0.4, 0.5) is 28.7 Å². The van der Waals surface area contributed by atoms with Crippen molar-refractivity contribution in [2.24, 2.45) is 5.84 Å². The van der Waals surface area contributed by atoms with Crippen LogP contribution in [0.1, 0.15) is 47.6 Å². The van der Waals surface area contributed by atoms with E-state index in [9.17, 15) is 9.90 Å². The smallest absolute Gasteiger partial charge is 0.256 e. The fourth-order valence-corrected chi connectivity index (χ4v) is 4.06. The Balaban J connectivity index is 1.73. The van der Waals surface area contributed by atoms with Crippen LogP contribution >= 0.6 is 0 Å². The zero-order chi connectivity index (χ0) is 23.7. The second-order valence-corrected chi connectivity index (χ2v) is 8.21. The van der Waals surface area contributed by atoms with Crippen molar-refractivity contribution in [3.8, 4) is 0 Å². The Morgan fingerprint density at radius 2 is 2.06 bits per heavy atom. The number of fused-ring (bicyclic) bond motifs is 1. The number of hydrogen-bond donors (Lipinski definition) is 6. The third kappa shape index (κ3) is 4.52. The maximum atomic E-state index is 12.9. The number of aliphatic hydroxyl groups is 1. The molecule has 1 aliphatic rings. The molecule has 1 aliphatic carbocycles. The maximum Gasteiger partial charge on any atom is 0.256 e. The highest BCUT2D eigenvalue weighted by molar-refractivity contribution is 6.11. The fourth-order valence-electron chi connectivity index (χ4n) is 4.06. The monoisotopic (exact) mass is 449 g/mol. The van der Waals surface area contributed by atoms with Gasteiger partial charge in [0.05, 0.1) is 23.3 Å². The third-order valence-electron chi connectivity index (χ3n) is 5.83. The summed E-state index contributed by atoms with van der Waals surface area (Å²) >= 11 is 0. The number of nitrogens with zero attached hydrogens (tertiary/aromatic N) is 4. The molecule has 1 amide bonds. The molecule has 0 aliphatic heterocycles. The van der Waals surface area contributed by atoms with Gasteiger partial charge in [-0.2, -0.15) is 9.61 Å². The number of aliphatic hydroxyl groups excluding tert-OH is 1. The second-order valence-electron chi connectivity index (χ2n) is 8.21. The minimum atomic E-state index is -1.21. The van der Waals surface area contributed by atoms with E-state index in [0.717, 1.165) is 25.7 Å². The number of carbonyl (C=O) groups excluding carboxylic acids is 1. The second kappa shape index (κ2) is 9.16. The largest absolute Gasteiger partial charge is 0.398 e. The van der Waals surface area contributed by atoms with Crippen LogP contribution in [0.3, 0.4) is 0 Å². The summed E-state index contributed by atoms with van der Waals surface area (Å²) in [5, 5.41) is 24.9. The number of nitrogens with one attached hydrogen (secondary N) is 3. The number of amides is 1. The van der Waals surface area contributed by atoms with Gasteiger partial charge in [0.25, 0.3) is 5.91 Å². The third-order valence-corrected chi connectivity index (χ3v) is 5.83. The molecule has 172 valence electrons. The van der Waals surface area contributed by atoms with Crippen molar-refractivity contribution in [1.29, 1.82) is 0 Å². The molecule has 1 unspecified atom stereocenters. The average molecular weight is 449 g/mol. The first kappa shape index (κ1) is 22.7. The number of rotatable bonds is 7. The van der Waals surface area contributed by atoms with E-state index in [1.54, 1.807) is 36.8 Å². The molecule has 3 aromatic rings. The Kier molecular flexibility index (Phi) is 6.30. The van der Waals surface area contributed by atoms with Crippen molar-refractivity contribution in [2.75, 3.05) is 35.5 Å². The van der Waals surface area contributed by atoms with Crippen molar-refractivity contribution < 1.29 is 9.90 Å². The molecule has 0 spiro atoms. The molecule has 33 heavy (non-hydrogen) atoms. The molecule has 0 bridgehead atoms. The van der Waals surface area contributed by atoms with Crippen molar-refractivity contribution in [1.82, 2.24) is 19.9 Å². The van der Waals surface area contributed by atoms with Crippen LogP contribution < -0.4 is 32.5 Å². The number of benzene rings is 1. The van der Waals surface area contributed by atoms with Gasteiger partial charge in [-0.3, -0.25) is 4.79 Å². The van der Waals surface area contributed by atoms with E-state index in [1.807, 2.05) is 0 Å². The summed E-state index contributed by atoms with van der Waals surface area (Å²) in [5.41, 5.74) is 8.79. The van der Waals surface area contributed by atoms with Crippen molar-refractivity contribution in [2.45, 2.75) is 37.7 Å². The van der Waals surface area contributed by atoms with Gasteiger partial charge in [-0.1, -0.05) is 12.8 Å². The number of nitrogen functional groups attached to an aromatic ring is 1. The fraction of sp³-hybridized carbons (Fsp3) is 0.381. The van der Waals surface area contributed by atoms with Crippen LogP contribution in [0.5, 0.6) is 0 Å². The number of aromatic nitrogens is 3. The Bertz CT molecular complexity index is 1170. The summed E-state index contributed by atoms with van der Waals surface area (Å²) in [4.78, 5) is 17.5. The SMILES string of the molecule is [B]C(O)c1cc(Nc2cc(NC)n3ncc(C(=O)NC4CCCC4)c3n2)c(N)c(N(C)N)c1. The number of anilines is 5. The van der Waals surface area contributed by atoms with Gasteiger partial charge in [0.15, 0.2) is 5.65 Å². The van der Waals surface area contributed by atoms with Gasteiger partial charge >= 0.3 is 0 Å². The Hall–Kier alpha value is -3.51. The molecule has 12 heteroatoms. The number of hydrogen-bond acceptors (Lipinski definition) is 9. The van der Waals surface area contributed by atoms with Crippen LogP contribution in [0, 0.1) is 0 Å². The number of nitrogens with two attached hydrogens (primary N) is 2. The van der Waals surface area contributed by atoms with Gasteiger partial charge < -0.3 is 31.8 Å². The first-order valence-electron chi connectivity index (χ1n) is 10.8. The molecule has 2 aromatic heterocycles. The summed E-state index contributed by atoms with van der Waals surface area (Å²) < 4.78 is 1.57. The van der Waals surface area contributed by atoms with E-state index in [-0.39, 0.29) is 11.9 Å². The van der Waals surface area contributed by atoms with E-state index in [2.05, 4.69) is 26.0 Å². The van der Waals surface area contributed by atoms with Gasteiger partial charge in [0.1, 0.15) is 25.0 Å². The van der Waals surface area contributed by atoms with E-state index in [4.69, 9.17) is 19.4 Å². The van der Waals surface area contributed by atoms with Crippen molar-refractivity contribution >= 4 is 48.1 Å². The van der Waals surface area contributed by atoms with Crippen LogP contribution in [0.15, 0.2) is 24.4 Å². The van der Waals surface area contributed by atoms with Crippen molar-refractivity contribution in [3.63, 3.8) is 0 Å². The van der Waals surface area contributed by atoms with E-state index in [0.29, 0.717) is 45.5 Å². The molecule has 1 aromatic carbocycles. The van der Waals surface area contributed by atoms with E-state index in [1.165, 1.54) is 11.2 Å². The van der Waals surface area contributed by atoms with Crippen molar-refractivity contribution in [3.05, 3.63) is 35.5 Å². The van der Waals surface area contributed by atoms with E-state index < -0.39 is 6.00 Å². The first-order chi connectivity index (χ1) is 15.8. The minimum Gasteiger partial charge on any atom is -0.398 e. The summed E-state index contributed by atoms with van der Waals surface area (Å²) in [6, 6.07) is 3.93. The Morgan fingerprint density at radius 3 is 2.70 bits per heavy atom. The zero-order valence-electron chi connectivity index (χ0n) is 18.7. The Morgan fingerprint density at radius 1 is 1.33 bits per heavy atom. The number of hydrazine groups is 1. The lowest BCUT2D eigenvalue weighted by atomic mass is 9.91. The molecule has 1 saturated carbocycles. The van der Waals surface area contributed by atoms with Gasteiger partial charge in [0.2, 0.25) is 0 Å². The maximum absolute atomic E-state index is 12.9. The van der Waals surface area contributed by atoms with Gasteiger partial charge in [-0.05, 0) is 30.5 Å². The first-order valence-corrected chi connectivity index (χ1v) is 10.8. The number of carbonyl (C=O) groups is 1. The molecule has 11 nitrogen and oxygen atoms in total. The van der Waals surface area contributed by atoms with Crippen LogP contribution in [0.2, 0.25) is 0 Å². The lowest BCUT2D eigenvalue weighted by molar-refractivity contribution is 0.0939. The Labute approximate surface area is 192 Å². The predicted molar refractivity (Wildman–Crippen MR) is 130 cm³/mol. The van der Waals surface area contributed by atoms with Gasteiger partial charge in [-0.25, -0.2) is 10.8 Å². The van der Waals surface area contributed by atoms with Gasteiger partial charge in [-0.15, -0.1) is 0 Å². The topological polar surface area (TPSA) is 159 Å². The van der Waals surface area contributed by atoms with E-state index >= 15 is 0 Å². The van der Waals surface area contributed by atoms with Crippen LogP contribution in [-0.2, 0) is 0 Å². The quantitative estimate of drug-likeness (QED) is 0.135. The van der Waals surface area contributed by atoms with Crippen LogP contribution in [-0.4, -0.2) is 53.6 Å². The molecule has 0 saturated heterocycles. The average Bonchev–Trinajstić information content (AvgIpc) is 3.44. The molecule has 1 atom stereocenters. The highest BCUT2D eigenvalue weighted by atomic mass is 16.3. The summed E-state index contributed by atoms with van der Waals surface area (Å²) in [6.07, 6.45) is 5.71. The summed E-state index contributed by atoms with van der Waals surface area (Å²) in [5.74, 6) is 6.73. The lowest BCUT2D eigenvalue weighted by Gasteiger charge is -2.21. The normalized spacial score (nSPS) is 14.9. The molecular formula is C21H28BN9O2. The minimum absolute atomic E-state index is 0.175. The highest BCUT2D eigenvalue weighted by Crippen LogP contribution is 2.35. The standard InChI is InChI=1S/C21H28BN9O2/c1-25-17-9-16(28-14-7-11(19(22)32)8-15(18(14)23)30(2)24)29-20-13(10-26-31(17)20)21(33)27-12-5-3-4-6-12/h7-10,12,19,25,32H,3-6,23-24H2,1-2H3,(H,27,33)(H,28,29). The zero-order valence-corrected chi connectivity index (χ0v) is 18.7. The highest BCUT2D eigenvalue weighted by Gasteiger charge is 2.22.